The molecule has 1 heterocycles. The maximum atomic E-state index is 13.2. The number of allylic oxidation sites excluding steroid dienone is 2. The number of nitrogens with zero attached hydrogens (tertiary/aromatic N) is 1. The molecule has 7 rings (SSSR count). The summed E-state index contributed by atoms with van der Waals surface area (Å²) in [6.07, 6.45) is 4.48. The zero-order valence-corrected chi connectivity index (χ0v) is 19.0. The van der Waals surface area contributed by atoms with E-state index in [4.69, 9.17) is 4.74 Å². The Balaban J connectivity index is 1.16. The molecule has 2 saturated carbocycles. The largest absolute Gasteiger partial charge is 0.451 e. The average molecular weight is 456 g/mol. The third-order valence-electron chi connectivity index (χ3n) is 8.01. The molecule has 0 unspecified atom stereocenters. The Hall–Kier alpha value is -3.54. The van der Waals surface area contributed by atoms with E-state index >= 15 is 0 Å². The minimum atomic E-state index is -0.936. The van der Waals surface area contributed by atoms with Crippen LogP contribution in [0.1, 0.15) is 39.6 Å². The van der Waals surface area contributed by atoms with Crippen molar-refractivity contribution in [3.8, 4) is 0 Å². The van der Waals surface area contributed by atoms with Crippen molar-refractivity contribution in [1.29, 1.82) is 0 Å². The maximum Gasteiger partial charge on any atom is 0.338 e. The number of carbonyl (C=O) groups excluding carboxylic acids is 4. The molecule has 0 aromatic heterocycles. The summed E-state index contributed by atoms with van der Waals surface area (Å²) in [5.41, 5.74) is 2.25. The Labute approximate surface area is 197 Å². The number of Topliss-reactive ketones (excluding diaryl/α,β-unsaturated/α-hetero) is 1. The number of aryl methyl sites for hydroxylation is 1. The molecule has 2 aromatic rings. The third-order valence-corrected chi connectivity index (χ3v) is 8.01. The van der Waals surface area contributed by atoms with Crippen molar-refractivity contribution < 1.29 is 23.9 Å². The molecular weight excluding hydrogens is 430 g/mol. The minimum absolute atomic E-state index is 0.132. The minimum Gasteiger partial charge on any atom is -0.451 e. The first-order valence-corrected chi connectivity index (χ1v) is 11.8. The molecule has 1 saturated heterocycles. The summed E-state index contributed by atoms with van der Waals surface area (Å²) in [6, 6.07) is 13.4. The standard InChI is InChI=1S/C28H25NO5/c1-14-3-5-16(6-4-14)25(30)15(2)34-28(33)17-7-9-18(10-8-17)29-26(31)23-19-11-12-20(22-13-21(19)22)24(23)27(29)32/h3-12,15,19-24H,13H2,1-2H3/t15-,19+,20+,21+,22+,23-,24-/m0/s1. The van der Waals surface area contributed by atoms with Gasteiger partial charge in [0.15, 0.2) is 6.10 Å². The highest BCUT2D eigenvalue weighted by Gasteiger charge is 2.67. The van der Waals surface area contributed by atoms with Gasteiger partial charge < -0.3 is 4.74 Å². The van der Waals surface area contributed by atoms with Crippen LogP contribution in [0.15, 0.2) is 60.7 Å². The fraction of sp³-hybridized carbons (Fsp3) is 0.357. The number of ether oxygens (including phenoxy) is 1. The van der Waals surface area contributed by atoms with Gasteiger partial charge in [0.25, 0.3) is 0 Å². The normalized spacial score (nSPS) is 31.2. The first-order valence-electron chi connectivity index (χ1n) is 11.8. The molecule has 2 amide bonds. The molecular formula is C28H25NO5. The van der Waals surface area contributed by atoms with Crippen LogP contribution in [0.5, 0.6) is 0 Å². The van der Waals surface area contributed by atoms with Gasteiger partial charge in [-0.3, -0.25) is 19.3 Å². The van der Waals surface area contributed by atoms with E-state index in [0.29, 0.717) is 23.1 Å². The number of anilines is 1. The molecule has 172 valence electrons. The Morgan fingerprint density at radius 1 is 0.853 bits per heavy atom. The maximum absolute atomic E-state index is 13.2. The lowest BCUT2D eigenvalue weighted by Crippen LogP contribution is -2.40. The molecule has 0 radical (unpaired) electrons. The topological polar surface area (TPSA) is 80.8 Å². The second kappa shape index (κ2) is 7.49. The van der Waals surface area contributed by atoms with E-state index in [1.54, 1.807) is 31.2 Å². The molecule has 7 atom stereocenters. The summed E-state index contributed by atoms with van der Waals surface area (Å²) < 4.78 is 5.38. The second-order valence-corrected chi connectivity index (χ2v) is 9.99. The zero-order valence-electron chi connectivity index (χ0n) is 19.0. The lowest BCUT2D eigenvalue weighted by Gasteiger charge is -2.37. The van der Waals surface area contributed by atoms with Gasteiger partial charge in [-0.15, -0.1) is 0 Å². The van der Waals surface area contributed by atoms with E-state index in [2.05, 4.69) is 12.2 Å². The molecule has 0 N–H and O–H groups in total. The molecule has 6 nitrogen and oxygen atoms in total. The Bertz CT molecular complexity index is 1210. The summed E-state index contributed by atoms with van der Waals surface area (Å²) in [5, 5.41) is 0. The first kappa shape index (κ1) is 21.0. The van der Waals surface area contributed by atoms with E-state index in [9.17, 15) is 19.2 Å². The number of hydrogen-bond acceptors (Lipinski definition) is 5. The van der Waals surface area contributed by atoms with Crippen LogP contribution < -0.4 is 4.90 Å². The van der Waals surface area contributed by atoms with Crippen molar-refractivity contribution in [2.75, 3.05) is 4.90 Å². The Morgan fingerprint density at radius 3 is 1.94 bits per heavy atom. The van der Waals surface area contributed by atoms with E-state index in [-0.39, 0.29) is 46.8 Å². The van der Waals surface area contributed by atoms with Gasteiger partial charge in [-0.2, -0.15) is 0 Å². The third kappa shape index (κ3) is 3.08. The van der Waals surface area contributed by atoms with Crippen molar-refractivity contribution in [1.82, 2.24) is 0 Å². The van der Waals surface area contributed by atoms with Crippen LogP contribution in [0.2, 0.25) is 0 Å². The molecule has 0 spiro atoms. The second-order valence-electron chi connectivity index (χ2n) is 9.99. The van der Waals surface area contributed by atoms with Gasteiger partial charge in [0, 0.05) is 5.56 Å². The van der Waals surface area contributed by atoms with Gasteiger partial charge in [0.05, 0.1) is 23.1 Å². The zero-order chi connectivity index (χ0) is 23.7. The Kier molecular flexibility index (Phi) is 4.63. The highest BCUT2D eigenvalue weighted by Crippen LogP contribution is 2.65. The lowest BCUT2D eigenvalue weighted by atomic mass is 9.63. The summed E-state index contributed by atoms with van der Waals surface area (Å²) >= 11 is 0. The van der Waals surface area contributed by atoms with Crippen molar-refractivity contribution in [3.05, 3.63) is 77.4 Å². The number of carbonyl (C=O) groups is 4. The highest BCUT2D eigenvalue weighted by molar-refractivity contribution is 6.22. The molecule has 6 heteroatoms. The quantitative estimate of drug-likeness (QED) is 0.295. The van der Waals surface area contributed by atoms with Gasteiger partial charge in [0.2, 0.25) is 17.6 Å². The van der Waals surface area contributed by atoms with Crippen LogP contribution in [-0.4, -0.2) is 29.7 Å². The number of imide groups is 1. The first-order chi connectivity index (χ1) is 16.3. The predicted molar refractivity (Wildman–Crippen MR) is 124 cm³/mol. The van der Waals surface area contributed by atoms with E-state index < -0.39 is 12.1 Å². The molecule has 5 aliphatic rings. The smallest absolute Gasteiger partial charge is 0.338 e. The van der Waals surface area contributed by atoms with Crippen LogP contribution in [0, 0.1) is 42.4 Å². The molecule has 4 aliphatic carbocycles. The van der Waals surface area contributed by atoms with E-state index in [1.807, 2.05) is 19.1 Å². The van der Waals surface area contributed by atoms with Crippen LogP contribution >= 0.6 is 0 Å². The van der Waals surface area contributed by atoms with Gasteiger partial charge in [-0.25, -0.2) is 4.79 Å². The van der Waals surface area contributed by atoms with Gasteiger partial charge in [0.1, 0.15) is 0 Å². The summed E-state index contributed by atoms with van der Waals surface area (Å²) in [7, 11) is 0. The lowest BCUT2D eigenvalue weighted by molar-refractivity contribution is -0.124. The molecule has 3 fully saturated rings. The SMILES string of the molecule is Cc1ccc(C(=O)[C@H](C)OC(=O)c2ccc(N3C(=O)[C@H]4[C@@H]5C=C[C@H]([C@H]6C[C@H]56)[C@@H]4C3=O)cc2)cc1. The van der Waals surface area contributed by atoms with Crippen molar-refractivity contribution >= 4 is 29.3 Å². The Morgan fingerprint density at radius 2 is 1.38 bits per heavy atom. The number of esters is 1. The average Bonchev–Trinajstić information content (AvgIpc) is 3.62. The molecule has 2 bridgehead atoms. The van der Waals surface area contributed by atoms with Crippen LogP contribution in [0.3, 0.4) is 0 Å². The van der Waals surface area contributed by atoms with Gasteiger partial charge in [-0.05, 0) is 68.2 Å². The van der Waals surface area contributed by atoms with Crippen molar-refractivity contribution in [2.24, 2.45) is 35.5 Å². The van der Waals surface area contributed by atoms with E-state index in [0.717, 1.165) is 12.0 Å². The molecule has 34 heavy (non-hydrogen) atoms. The monoisotopic (exact) mass is 455 g/mol. The van der Waals surface area contributed by atoms with Crippen molar-refractivity contribution in [3.63, 3.8) is 0 Å². The molecule has 2 aromatic carbocycles. The fourth-order valence-corrected chi connectivity index (χ4v) is 6.19. The number of benzene rings is 2. The highest BCUT2D eigenvalue weighted by atomic mass is 16.5. The summed E-state index contributed by atoms with van der Waals surface area (Å²) in [4.78, 5) is 53.0. The fourth-order valence-electron chi connectivity index (χ4n) is 6.19. The van der Waals surface area contributed by atoms with Crippen LogP contribution in [0.25, 0.3) is 0 Å². The number of hydrogen-bond donors (Lipinski definition) is 0. The van der Waals surface area contributed by atoms with E-state index in [1.165, 1.54) is 17.0 Å². The number of amides is 2. The summed E-state index contributed by atoms with van der Waals surface area (Å²) in [5.74, 6) is -0.249. The van der Waals surface area contributed by atoms with Crippen LogP contribution in [-0.2, 0) is 14.3 Å². The summed E-state index contributed by atoms with van der Waals surface area (Å²) in [6.45, 7) is 3.48. The number of rotatable bonds is 5. The van der Waals surface area contributed by atoms with Crippen LogP contribution in [0.4, 0.5) is 5.69 Å². The molecule has 1 aliphatic heterocycles. The van der Waals surface area contributed by atoms with Gasteiger partial charge in [-0.1, -0.05) is 42.0 Å². The van der Waals surface area contributed by atoms with Gasteiger partial charge >= 0.3 is 5.97 Å². The number of ketones is 1. The van der Waals surface area contributed by atoms with Crippen molar-refractivity contribution in [2.45, 2.75) is 26.4 Å². The predicted octanol–water partition coefficient (Wildman–Crippen LogP) is 3.98.